The average Bonchev–Trinajstić information content (AvgIpc) is 2.44. The highest BCUT2D eigenvalue weighted by Gasteiger charge is 2.26. The summed E-state index contributed by atoms with van der Waals surface area (Å²) in [7, 11) is 0. The van der Waals surface area contributed by atoms with Crippen molar-refractivity contribution in [1.29, 1.82) is 0 Å². The summed E-state index contributed by atoms with van der Waals surface area (Å²) in [5.41, 5.74) is 5.68. The summed E-state index contributed by atoms with van der Waals surface area (Å²) in [5, 5.41) is 0. The second kappa shape index (κ2) is 1.83. The molecule has 0 heterocycles. The van der Waals surface area contributed by atoms with Gasteiger partial charge in [-0.05, 0) is 25.2 Å². The van der Waals surface area contributed by atoms with Crippen LogP contribution in [0.3, 0.4) is 0 Å². The molecule has 7 heavy (non-hydrogen) atoms. The van der Waals surface area contributed by atoms with Gasteiger partial charge in [-0.1, -0.05) is 6.92 Å². The van der Waals surface area contributed by atoms with E-state index in [2.05, 4.69) is 6.92 Å². The van der Waals surface area contributed by atoms with E-state index in [1.54, 1.807) is 0 Å². The highest BCUT2D eigenvalue weighted by molar-refractivity contribution is 4.82. The number of hydrogen-bond acceptors (Lipinski definition) is 1. The second-order valence-electron chi connectivity index (χ2n) is 2.41. The number of rotatable bonds is 2. The van der Waals surface area contributed by atoms with Crippen LogP contribution in [0.25, 0.3) is 0 Å². The minimum atomic E-state index is 0.514. The summed E-state index contributed by atoms with van der Waals surface area (Å²) in [6, 6.07) is 0.514. The minimum absolute atomic E-state index is 0.514. The topological polar surface area (TPSA) is 26.0 Å². The lowest BCUT2D eigenvalue weighted by atomic mass is 10.1. The van der Waals surface area contributed by atoms with E-state index in [9.17, 15) is 0 Å². The highest BCUT2D eigenvalue weighted by Crippen LogP contribution is 2.32. The van der Waals surface area contributed by atoms with Gasteiger partial charge in [-0.15, -0.1) is 0 Å². The lowest BCUT2D eigenvalue weighted by molar-refractivity contribution is 0.577. The van der Waals surface area contributed by atoms with Crippen LogP contribution in [0.5, 0.6) is 0 Å². The maximum atomic E-state index is 5.68. The molecule has 0 saturated heterocycles. The van der Waals surface area contributed by atoms with Gasteiger partial charge < -0.3 is 5.73 Å². The first-order chi connectivity index (χ1) is 3.34. The molecule has 1 rings (SSSR count). The van der Waals surface area contributed by atoms with Crippen LogP contribution in [-0.2, 0) is 0 Å². The average molecular weight is 99.2 g/mol. The molecule has 1 atom stereocenters. The van der Waals surface area contributed by atoms with Gasteiger partial charge in [0.1, 0.15) is 0 Å². The van der Waals surface area contributed by atoms with Crippen LogP contribution >= 0.6 is 0 Å². The summed E-state index contributed by atoms with van der Waals surface area (Å²) in [6.07, 6.45) is 3.93. The molecule has 2 N–H and O–H groups in total. The lowest BCUT2D eigenvalue weighted by Crippen LogP contribution is -2.20. The summed E-state index contributed by atoms with van der Waals surface area (Å²) in [4.78, 5) is 0. The van der Waals surface area contributed by atoms with Gasteiger partial charge >= 0.3 is 0 Å². The van der Waals surface area contributed by atoms with E-state index in [0.717, 1.165) is 12.3 Å². The van der Waals surface area contributed by atoms with E-state index < -0.39 is 0 Å². The smallest absolute Gasteiger partial charge is 0.00645 e. The van der Waals surface area contributed by atoms with Crippen LogP contribution in [0.15, 0.2) is 0 Å². The van der Waals surface area contributed by atoms with E-state index in [1.807, 2.05) is 0 Å². The molecule has 1 aliphatic carbocycles. The van der Waals surface area contributed by atoms with Crippen molar-refractivity contribution in [2.24, 2.45) is 11.7 Å². The molecular weight excluding hydrogens is 86.1 g/mol. The summed E-state index contributed by atoms with van der Waals surface area (Å²) in [6.45, 7) is 2.16. The molecule has 1 aliphatic rings. The third-order valence-corrected chi connectivity index (χ3v) is 1.70. The Morgan fingerprint density at radius 1 is 1.71 bits per heavy atom. The van der Waals surface area contributed by atoms with Crippen molar-refractivity contribution in [3.63, 3.8) is 0 Å². The van der Waals surface area contributed by atoms with Crippen molar-refractivity contribution in [3.8, 4) is 0 Å². The minimum Gasteiger partial charge on any atom is -0.327 e. The molecule has 0 radical (unpaired) electrons. The fraction of sp³-hybridized carbons (Fsp3) is 1.00. The molecule has 0 aromatic heterocycles. The van der Waals surface area contributed by atoms with Gasteiger partial charge in [-0.25, -0.2) is 0 Å². The van der Waals surface area contributed by atoms with E-state index >= 15 is 0 Å². The van der Waals surface area contributed by atoms with Gasteiger partial charge in [-0.3, -0.25) is 0 Å². The van der Waals surface area contributed by atoms with E-state index in [-0.39, 0.29) is 0 Å². The Bertz CT molecular complexity index is 57.2. The van der Waals surface area contributed by atoms with Crippen molar-refractivity contribution in [2.45, 2.75) is 32.2 Å². The third kappa shape index (κ3) is 1.16. The number of nitrogens with two attached hydrogens (primary N) is 1. The zero-order valence-corrected chi connectivity index (χ0v) is 4.85. The monoisotopic (exact) mass is 99.1 g/mol. The number of hydrogen-bond donors (Lipinski definition) is 1. The predicted molar refractivity (Wildman–Crippen MR) is 31.0 cm³/mol. The first-order valence-electron chi connectivity index (χ1n) is 3.10. The summed E-state index contributed by atoms with van der Waals surface area (Å²) in [5.74, 6) is 0.894. The Hall–Kier alpha value is -0.0400. The maximum absolute atomic E-state index is 5.68. The van der Waals surface area contributed by atoms with E-state index in [1.165, 1.54) is 12.8 Å². The first-order valence-corrected chi connectivity index (χ1v) is 3.10. The standard InChI is InChI=1S/C6H13N/c1-2-6(7)5-3-4-5/h5-6H,2-4,7H2,1H3/t6-/m1/s1. The third-order valence-electron chi connectivity index (χ3n) is 1.70. The van der Waals surface area contributed by atoms with Crippen LogP contribution in [0.1, 0.15) is 26.2 Å². The Labute approximate surface area is 44.9 Å². The van der Waals surface area contributed by atoms with E-state index in [0.29, 0.717) is 6.04 Å². The Morgan fingerprint density at radius 2 is 2.29 bits per heavy atom. The van der Waals surface area contributed by atoms with Gasteiger partial charge in [0.25, 0.3) is 0 Å². The van der Waals surface area contributed by atoms with Crippen molar-refractivity contribution < 1.29 is 0 Å². The fourth-order valence-corrected chi connectivity index (χ4v) is 0.858. The molecule has 0 unspecified atom stereocenters. The van der Waals surface area contributed by atoms with Gasteiger partial charge in [-0.2, -0.15) is 0 Å². The van der Waals surface area contributed by atoms with Crippen LogP contribution in [0.4, 0.5) is 0 Å². The Morgan fingerprint density at radius 3 is 2.43 bits per heavy atom. The molecule has 1 saturated carbocycles. The normalized spacial score (nSPS) is 24.9. The predicted octanol–water partition coefficient (Wildman–Crippen LogP) is 1.13. The highest BCUT2D eigenvalue weighted by atomic mass is 14.7. The van der Waals surface area contributed by atoms with Crippen molar-refractivity contribution in [2.75, 3.05) is 0 Å². The van der Waals surface area contributed by atoms with Crippen LogP contribution in [0, 0.1) is 5.92 Å². The SMILES string of the molecule is CC[C@@H](N)C1CC1. The van der Waals surface area contributed by atoms with Gasteiger partial charge in [0.2, 0.25) is 0 Å². The Balaban J connectivity index is 2.10. The zero-order chi connectivity index (χ0) is 5.28. The fourth-order valence-electron chi connectivity index (χ4n) is 0.858. The van der Waals surface area contributed by atoms with Gasteiger partial charge in [0, 0.05) is 6.04 Å². The van der Waals surface area contributed by atoms with Crippen LogP contribution in [0.2, 0.25) is 0 Å². The second-order valence-corrected chi connectivity index (χ2v) is 2.41. The van der Waals surface area contributed by atoms with Crippen LogP contribution in [-0.4, -0.2) is 6.04 Å². The Kier molecular flexibility index (Phi) is 1.33. The lowest BCUT2D eigenvalue weighted by Gasteiger charge is -2.02. The largest absolute Gasteiger partial charge is 0.327 e. The molecule has 0 aliphatic heterocycles. The molecular formula is C6H13N. The van der Waals surface area contributed by atoms with Crippen molar-refractivity contribution in [3.05, 3.63) is 0 Å². The maximum Gasteiger partial charge on any atom is 0.00645 e. The molecule has 0 spiro atoms. The molecule has 42 valence electrons. The molecule has 0 bridgehead atoms. The molecule has 0 amide bonds. The quantitative estimate of drug-likeness (QED) is 0.552. The van der Waals surface area contributed by atoms with Crippen LogP contribution < -0.4 is 5.73 Å². The van der Waals surface area contributed by atoms with Gasteiger partial charge in [0.05, 0.1) is 0 Å². The summed E-state index contributed by atoms with van der Waals surface area (Å²) < 4.78 is 0. The molecule has 1 fully saturated rings. The summed E-state index contributed by atoms with van der Waals surface area (Å²) >= 11 is 0. The zero-order valence-electron chi connectivity index (χ0n) is 4.85. The van der Waals surface area contributed by atoms with E-state index in [4.69, 9.17) is 5.73 Å². The molecule has 0 aromatic carbocycles. The molecule has 1 heteroatoms. The molecule has 1 nitrogen and oxygen atoms in total. The first kappa shape index (κ1) is 5.10. The van der Waals surface area contributed by atoms with Crippen molar-refractivity contribution in [1.82, 2.24) is 0 Å². The van der Waals surface area contributed by atoms with Crippen molar-refractivity contribution >= 4 is 0 Å². The molecule has 0 aromatic rings. The van der Waals surface area contributed by atoms with Gasteiger partial charge in [0.15, 0.2) is 0 Å².